The number of nitrogens with zero attached hydrogens (tertiary/aromatic N) is 3. The monoisotopic (exact) mass is 412 g/mol. The Morgan fingerprint density at radius 1 is 1.20 bits per heavy atom. The highest BCUT2D eigenvalue weighted by Crippen LogP contribution is 2.38. The number of aliphatic hydroxyl groups excluding tert-OH is 1. The summed E-state index contributed by atoms with van der Waals surface area (Å²) in [7, 11) is 1.84. The van der Waals surface area contributed by atoms with E-state index in [0.717, 1.165) is 43.2 Å². The van der Waals surface area contributed by atoms with Gasteiger partial charge in [-0.2, -0.15) is 9.61 Å². The smallest absolute Gasteiger partial charge is 0.163 e. The molecule has 0 amide bonds. The molecule has 5 rings (SSSR count). The van der Waals surface area contributed by atoms with E-state index in [2.05, 4.69) is 26.0 Å². The van der Waals surface area contributed by atoms with Crippen LogP contribution in [0.5, 0.6) is 0 Å². The van der Waals surface area contributed by atoms with Crippen LogP contribution in [0.2, 0.25) is 0 Å². The normalized spacial score (nSPS) is 19.0. The van der Waals surface area contributed by atoms with Crippen LogP contribution in [0.4, 0.5) is 21.7 Å². The third-order valence-corrected chi connectivity index (χ3v) is 5.67. The maximum atomic E-state index is 13.4. The number of fused-ring (bicyclic) bond motifs is 1. The second-order valence-electron chi connectivity index (χ2n) is 7.88. The van der Waals surface area contributed by atoms with Crippen LogP contribution in [-0.4, -0.2) is 45.9 Å². The topological polar surface area (TPSA) is 86.5 Å². The second kappa shape index (κ2) is 9.40. The fraction of sp³-hybridized carbons (Fsp3) is 0.455. The van der Waals surface area contributed by atoms with Crippen LogP contribution in [0.1, 0.15) is 43.6 Å². The number of hydrogen-bond acceptors (Lipinski definition) is 6. The molecule has 1 aromatic carbocycles. The lowest BCUT2D eigenvalue weighted by atomic mass is 9.81. The first-order chi connectivity index (χ1) is 14.6. The fourth-order valence-corrected chi connectivity index (χ4v) is 3.75. The van der Waals surface area contributed by atoms with Crippen LogP contribution >= 0.6 is 0 Å². The minimum Gasteiger partial charge on any atom is -0.392 e. The Balaban J connectivity index is 0.000000265. The molecule has 1 saturated heterocycles. The first-order valence-electron chi connectivity index (χ1n) is 10.6. The highest BCUT2D eigenvalue weighted by atomic mass is 19.1. The lowest BCUT2D eigenvalue weighted by molar-refractivity contribution is 0.142. The molecule has 0 spiro atoms. The number of piperidine rings is 1. The highest BCUT2D eigenvalue weighted by Gasteiger charge is 2.24. The molecule has 2 fully saturated rings. The number of rotatable bonds is 4. The largest absolute Gasteiger partial charge is 0.392 e. The third-order valence-electron chi connectivity index (χ3n) is 5.67. The fourth-order valence-electron chi connectivity index (χ4n) is 3.75. The molecule has 3 aromatic rings. The number of aliphatic hydroxyl groups is 1. The molecule has 0 bridgehead atoms. The molecular weight excluding hydrogens is 383 g/mol. The zero-order chi connectivity index (χ0) is 20.9. The minimum atomic E-state index is -0.273. The van der Waals surface area contributed by atoms with E-state index in [1.54, 1.807) is 10.6 Å². The van der Waals surface area contributed by atoms with Crippen molar-refractivity contribution in [3.63, 3.8) is 0 Å². The molecule has 1 aliphatic carbocycles. The summed E-state index contributed by atoms with van der Waals surface area (Å²) in [4.78, 5) is 4.65. The zero-order valence-electron chi connectivity index (χ0n) is 17.2. The Morgan fingerprint density at radius 3 is 2.67 bits per heavy atom. The molecule has 0 radical (unpaired) electrons. The molecule has 3 heterocycles. The molecule has 160 valence electrons. The summed E-state index contributed by atoms with van der Waals surface area (Å²) in [6.07, 6.45) is 7.59. The van der Waals surface area contributed by atoms with Gasteiger partial charge in [0.2, 0.25) is 0 Å². The minimum absolute atomic E-state index is 0.0752. The molecule has 7 nitrogen and oxygen atoms in total. The van der Waals surface area contributed by atoms with Gasteiger partial charge in [0.25, 0.3) is 0 Å². The SMILES string of the molecule is CNc1cc(Nc2cccc(F)c2)n2ncc(C3CCC3)c2n1.OC1CCCNC1. The van der Waals surface area contributed by atoms with Crippen LogP contribution < -0.4 is 16.0 Å². The van der Waals surface area contributed by atoms with Gasteiger partial charge in [-0.3, -0.25) is 0 Å². The van der Waals surface area contributed by atoms with Crippen molar-refractivity contribution >= 4 is 23.0 Å². The number of halogens is 1. The van der Waals surface area contributed by atoms with Crippen molar-refractivity contribution in [3.8, 4) is 0 Å². The maximum absolute atomic E-state index is 13.4. The summed E-state index contributed by atoms with van der Waals surface area (Å²) in [6.45, 7) is 1.87. The van der Waals surface area contributed by atoms with E-state index < -0.39 is 0 Å². The number of aromatic nitrogens is 3. The van der Waals surface area contributed by atoms with Gasteiger partial charge in [0.05, 0.1) is 12.3 Å². The van der Waals surface area contributed by atoms with E-state index in [4.69, 9.17) is 5.11 Å². The van der Waals surface area contributed by atoms with E-state index in [9.17, 15) is 4.39 Å². The second-order valence-corrected chi connectivity index (χ2v) is 7.88. The first-order valence-corrected chi connectivity index (χ1v) is 10.6. The molecule has 1 saturated carbocycles. The summed E-state index contributed by atoms with van der Waals surface area (Å²) in [5.74, 6) is 1.80. The van der Waals surface area contributed by atoms with Crippen LogP contribution in [0, 0.1) is 5.82 Å². The van der Waals surface area contributed by atoms with Gasteiger partial charge in [0.15, 0.2) is 5.65 Å². The quantitative estimate of drug-likeness (QED) is 0.523. The van der Waals surface area contributed by atoms with E-state index in [0.29, 0.717) is 11.6 Å². The van der Waals surface area contributed by atoms with Crippen molar-refractivity contribution in [1.82, 2.24) is 19.9 Å². The lowest BCUT2D eigenvalue weighted by Gasteiger charge is -2.24. The van der Waals surface area contributed by atoms with Gasteiger partial charge in [-0.1, -0.05) is 12.5 Å². The van der Waals surface area contributed by atoms with Gasteiger partial charge in [-0.25, -0.2) is 9.37 Å². The molecule has 8 heteroatoms. The molecule has 1 unspecified atom stereocenters. The van der Waals surface area contributed by atoms with Crippen molar-refractivity contribution in [3.05, 3.63) is 47.9 Å². The number of anilines is 3. The van der Waals surface area contributed by atoms with E-state index >= 15 is 0 Å². The van der Waals surface area contributed by atoms with Gasteiger partial charge in [-0.05, 0) is 56.3 Å². The van der Waals surface area contributed by atoms with Crippen LogP contribution in [0.3, 0.4) is 0 Å². The first kappa shape index (κ1) is 20.6. The third kappa shape index (κ3) is 4.71. The Bertz CT molecular complexity index is 981. The van der Waals surface area contributed by atoms with Crippen molar-refractivity contribution in [2.24, 2.45) is 0 Å². The number of benzene rings is 1. The summed E-state index contributed by atoms with van der Waals surface area (Å²) in [5, 5.41) is 22.7. The van der Waals surface area contributed by atoms with Gasteiger partial charge in [0.1, 0.15) is 17.5 Å². The molecule has 1 atom stereocenters. The Morgan fingerprint density at radius 2 is 2.07 bits per heavy atom. The summed E-state index contributed by atoms with van der Waals surface area (Å²) in [5.41, 5.74) is 2.73. The summed E-state index contributed by atoms with van der Waals surface area (Å²) in [6, 6.07) is 8.26. The molecular formula is C22H29FN6O. The van der Waals surface area contributed by atoms with E-state index in [1.165, 1.54) is 37.0 Å². The molecule has 30 heavy (non-hydrogen) atoms. The predicted molar refractivity (Wildman–Crippen MR) is 117 cm³/mol. The van der Waals surface area contributed by atoms with Crippen molar-refractivity contribution < 1.29 is 9.50 Å². The van der Waals surface area contributed by atoms with Crippen molar-refractivity contribution in [1.29, 1.82) is 0 Å². The average Bonchev–Trinajstić information content (AvgIpc) is 3.11. The molecule has 4 N–H and O–H groups in total. The Hall–Kier alpha value is -2.71. The van der Waals surface area contributed by atoms with E-state index in [1.807, 2.05) is 25.4 Å². The van der Waals surface area contributed by atoms with Gasteiger partial charge in [0, 0.05) is 30.9 Å². The predicted octanol–water partition coefficient (Wildman–Crippen LogP) is 3.65. The highest BCUT2D eigenvalue weighted by molar-refractivity contribution is 5.65. The van der Waals surface area contributed by atoms with Crippen molar-refractivity contribution in [2.45, 2.75) is 44.1 Å². The number of hydrogen-bond donors (Lipinski definition) is 4. The summed E-state index contributed by atoms with van der Waals surface area (Å²) >= 11 is 0. The lowest BCUT2D eigenvalue weighted by Crippen LogP contribution is -2.33. The van der Waals surface area contributed by atoms with Gasteiger partial charge >= 0.3 is 0 Å². The summed E-state index contributed by atoms with van der Waals surface area (Å²) < 4.78 is 15.2. The maximum Gasteiger partial charge on any atom is 0.163 e. The Labute approximate surface area is 175 Å². The van der Waals surface area contributed by atoms with Crippen LogP contribution in [0.25, 0.3) is 5.65 Å². The van der Waals surface area contributed by atoms with Gasteiger partial charge in [-0.15, -0.1) is 0 Å². The average molecular weight is 413 g/mol. The Kier molecular flexibility index (Phi) is 6.44. The van der Waals surface area contributed by atoms with Crippen LogP contribution in [-0.2, 0) is 0 Å². The number of β-amino-alcohol motifs (C(OH)–C–C–N with tert-alkyl or cyclic N) is 1. The molecule has 2 aromatic heterocycles. The van der Waals surface area contributed by atoms with E-state index in [-0.39, 0.29) is 11.9 Å². The van der Waals surface area contributed by atoms with Crippen molar-refractivity contribution in [2.75, 3.05) is 30.8 Å². The molecule has 1 aliphatic heterocycles. The van der Waals surface area contributed by atoms with Crippen LogP contribution in [0.15, 0.2) is 36.5 Å². The number of nitrogens with one attached hydrogen (secondary N) is 3. The van der Waals surface area contributed by atoms with Gasteiger partial charge < -0.3 is 21.1 Å². The zero-order valence-corrected chi connectivity index (χ0v) is 17.2. The standard InChI is InChI=1S/C17H18FN5.C5H11NO/c1-19-15-9-16(21-13-7-3-6-12(18)8-13)23-17(22-15)14(10-20-23)11-4-2-5-11;7-5-2-1-3-6-4-5/h3,6-11,21H,2,4-5H2,1H3,(H,19,22);5-7H,1-4H2. The molecule has 2 aliphatic rings.